The smallest absolute Gasteiger partial charge is 0.271 e. The molecule has 3 heterocycles. The monoisotopic (exact) mass is 477 g/mol. The van der Waals surface area contributed by atoms with Gasteiger partial charge in [0.1, 0.15) is 22.7 Å². The predicted molar refractivity (Wildman–Crippen MR) is 132 cm³/mol. The maximum absolute atomic E-state index is 13.9. The predicted octanol–water partition coefficient (Wildman–Crippen LogP) is 3.37. The Morgan fingerprint density at radius 1 is 1.11 bits per heavy atom. The summed E-state index contributed by atoms with van der Waals surface area (Å²) >= 11 is 0. The highest BCUT2D eigenvalue weighted by Gasteiger charge is 2.47. The minimum atomic E-state index is -1.10. The van der Waals surface area contributed by atoms with Crippen LogP contribution >= 0.6 is 0 Å². The number of hydrogen-bond acceptors (Lipinski definition) is 5. The number of ether oxygens (including phenoxy) is 3. The lowest BCUT2D eigenvalue weighted by Crippen LogP contribution is -2.64. The minimum Gasteiger partial charge on any atom is -0.497 e. The summed E-state index contributed by atoms with van der Waals surface area (Å²) in [5, 5.41) is 4.00. The van der Waals surface area contributed by atoms with Crippen LogP contribution in [-0.2, 0) is 22.6 Å². The highest BCUT2D eigenvalue weighted by Crippen LogP contribution is 2.35. The minimum absolute atomic E-state index is 0.0177. The maximum atomic E-state index is 13.9. The summed E-state index contributed by atoms with van der Waals surface area (Å²) in [5.74, 6) is 1.07. The van der Waals surface area contributed by atoms with Gasteiger partial charge in [0.2, 0.25) is 5.91 Å². The van der Waals surface area contributed by atoms with Gasteiger partial charge in [-0.3, -0.25) is 9.59 Å². The maximum Gasteiger partial charge on any atom is 0.271 e. The summed E-state index contributed by atoms with van der Waals surface area (Å²) in [6, 6.07) is 15.2. The van der Waals surface area contributed by atoms with Crippen molar-refractivity contribution >= 4 is 22.7 Å². The first-order valence-electron chi connectivity index (χ1n) is 11.9. The van der Waals surface area contributed by atoms with Crippen LogP contribution in [0.25, 0.3) is 10.9 Å². The van der Waals surface area contributed by atoms with Gasteiger partial charge in [-0.15, -0.1) is 0 Å². The van der Waals surface area contributed by atoms with E-state index in [4.69, 9.17) is 14.2 Å². The number of methoxy groups -OCH3 is 2. The van der Waals surface area contributed by atoms with Gasteiger partial charge in [-0.2, -0.15) is 0 Å². The summed E-state index contributed by atoms with van der Waals surface area (Å²) in [4.78, 5) is 29.3. The molecule has 2 amide bonds. The van der Waals surface area contributed by atoms with Crippen LogP contribution in [0, 0.1) is 0 Å². The van der Waals surface area contributed by atoms with E-state index in [0.717, 1.165) is 41.7 Å². The van der Waals surface area contributed by atoms with Crippen LogP contribution in [0.2, 0.25) is 0 Å². The van der Waals surface area contributed by atoms with Gasteiger partial charge in [-0.1, -0.05) is 12.1 Å². The van der Waals surface area contributed by atoms with Gasteiger partial charge in [0, 0.05) is 31.1 Å². The molecule has 2 aliphatic heterocycles. The molecule has 5 rings (SSSR count). The molecule has 2 atom stereocenters. The average Bonchev–Trinajstić information content (AvgIpc) is 3.53. The molecule has 35 heavy (non-hydrogen) atoms. The molecule has 0 bridgehead atoms. The van der Waals surface area contributed by atoms with E-state index in [2.05, 4.69) is 5.32 Å². The van der Waals surface area contributed by atoms with Crippen molar-refractivity contribution in [3.8, 4) is 11.5 Å². The van der Waals surface area contributed by atoms with Gasteiger partial charge < -0.3 is 29.0 Å². The van der Waals surface area contributed by atoms with E-state index >= 15 is 0 Å². The molecule has 1 N–H and O–H groups in total. The summed E-state index contributed by atoms with van der Waals surface area (Å²) < 4.78 is 18.3. The van der Waals surface area contributed by atoms with Gasteiger partial charge >= 0.3 is 0 Å². The van der Waals surface area contributed by atoms with Gasteiger partial charge in [-0.05, 0) is 55.7 Å². The van der Waals surface area contributed by atoms with Crippen LogP contribution in [0.1, 0.15) is 35.8 Å². The third-order valence-electron chi connectivity index (χ3n) is 7.14. The number of benzene rings is 2. The summed E-state index contributed by atoms with van der Waals surface area (Å²) in [5.41, 5.74) is 1.25. The highest BCUT2D eigenvalue weighted by molar-refractivity contribution is 6.03. The number of amides is 2. The highest BCUT2D eigenvalue weighted by atomic mass is 16.5. The number of aromatic nitrogens is 1. The Morgan fingerprint density at radius 3 is 2.54 bits per heavy atom. The number of carbonyl (C=O) groups excluding carboxylic acids is 2. The molecule has 2 aliphatic rings. The Balaban J connectivity index is 1.52. The largest absolute Gasteiger partial charge is 0.497 e. The van der Waals surface area contributed by atoms with Crippen molar-refractivity contribution in [3.63, 3.8) is 0 Å². The number of nitrogens with one attached hydrogen (secondary N) is 1. The van der Waals surface area contributed by atoms with Gasteiger partial charge in [0.25, 0.3) is 5.91 Å². The zero-order valence-electron chi connectivity index (χ0n) is 20.4. The summed E-state index contributed by atoms with van der Waals surface area (Å²) in [7, 11) is 3.23. The van der Waals surface area contributed by atoms with Crippen molar-refractivity contribution in [2.45, 2.75) is 44.5 Å². The SMILES string of the molecule is COc1ccc(CN2C(=O)c3cc4ccc(OC)cc4n3C[C@]2(C)C(=O)NC[C@@H]2CCCO2)cc1. The van der Waals surface area contributed by atoms with Gasteiger partial charge in [-0.25, -0.2) is 0 Å². The molecule has 2 aromatic carbocycles. The Morgan fingerprint density at radius 2 is 1.86 bits per heavy atom. The third-order valence-corrected chi connectivity index (χ3v) is 7.14. The van der Waals surface area contributed by atoms with E-state index in [1.54, 1.807) is 19.1 Å². The van der Waals surface area contributed by atoms with Crippen molar-refractivity contribution < 1.29 is 23.8 Å². The first-order valence-corrected chi connectivity index (χ1v) is 11.9. The molecule has 1 fully saturated rings. The zero-order chi connectivity index (χ0) is 24.6. The van der Waals surface area contributed by atoms with Crippen molar-refractivity contribution in [1.82, 2.24) is 14.8 Å². The number of rotatable bonds is 7. The molecule has 0 spiro atoms. The molecule has 0 saturated carbocycles. The quantitative estimate of drug-likeness (QED) is 0.564. The standard InChI is InChI=1S/C27H31N3O5/c1-27(26(32)28-15-22-5-4-12-35-22)17-29-23-14-21(34-3)11-8-19(23)13-24(29)25(31)30(27)16-18-6-9-20(33-2)10-7-18/h6-11,13-14,22H,4-5,12,15-17H2,1-3H3,(H,28,32)/t22-,27+/m0/s1. The Hall–Kier alpha value is -3.52. The number of hydrogen-bond donors (Lipinski definition) is 1. The molecule has 1 saturated heterocycles. The van der Waals surface area contributed by atoms with Crippen LogP contribution < -0.4 is 14.8 Å². The van der Waals surface area contributed by atoms with Crippen molar-refractivity contribution in [2.24, 2.45) is 0 Å². The zero-order valence-corrected chi connectivity index (χ0v) is 20.4. The van der Waals surface area contributed by atoms with E-state index in [1.807, 2.05) is 60.0 Å². The molecular weight excluding hydrogens is 446 g/mol. The van der Waals surface area contributed by atoms with Crippen molar-refractivity contribution in [2.75, 3.05) is 27.4 Å². The summed E-state index contributed by atoms with van der Waals surface area (Å²) in [6.07, 6.45) is 1.95. The molecule has 0 aliphatic carbocycles. The Kier molecular flexibility index (Phi) is 6.15. The number of fused-ring (bicyclic) bond motifs is 3. The van der Waals surface area contributed by atoms with Gasteiger partial charge in [0.15, 0.2) is 0 Å². The van der Waals surface area contributed by atoms with Crippen LogP contribution in [0.5, 0.6) is 11.5 Å². The molecule has 0 unspecified atom stereocenters. The molecular formula is C27H31N3O5. The third kappa shape index (κ3) is 4.23. The molecule has 8 heteroatoms. The fourth-order valence-corrected chi connectivity index (χ4v) is 5.02. The lowest BCUT2D eigenvalue weighted by atomic mass is 9.93. The lowest BCUT2D eigenvalue weighted by Gasteiger charge is -2.44. The van der Waals surface area contributed by atoms with Crippen molar-refractivity contribution in [3.05, 3.63) is 59.8 Å². The van der Waals surface area contributed by atoms with E-state index in [-0.39, 0.29) is 17.9 Å². The fraction of sp³-hybridized carbons (Fsp3) is 0.407. The molecule has 0 radical (unpaired) electrons. The topological polar surface area (TPSA) is 82.0 Å². The van der Waals surface area contributed by atoms with E-state index in [9.17, 15) is 9.59 Å². The van der Waals surface area contributed by atoms with Crippen LogP contribution in [-0.4, -0.2) is 60.3 Å². The molecule has 8 nitrogen and oxygen atoms in total. The van der Waals surface area contributed by atoms with E-state index < -0.39 is 5.54 Å². The van der Waals surface area contributed by atoms with Crippen molar-refractivity contribution in [1.29, 1.82) is 0 Å². The second-order valence-corrected chi connectivity index (χ2v) is 9.40. The second kappa shape index (κ2) is 9.26. The van der Waals surface area contributed by atoms with Gasteiger partial charge in [0.05, 0.1) is 32.4 Å². The van der Waals surface area contributed by atoms with Crippen LogP contribution in [0.3, 0.4) is 0 Å². The Labute approximate surface area is 204 Å². The van der Waals surface area contributed by atoms with E-state index in [1.165, 1.54) is 0 Å². The molecule has 184 valence electrons. The van der Waals surface area contributed by atoms with Crippen LogP contribution in [0.4, 0.5) is 0 Å². The fourth-order valence-electron chi connectivity index (χ4n) is 5.02. The lowest BCUT2D eigenvalue weighted by molar-refractivity contribution is -0.133. The first-order chi connectivity index (χ1) is 16.9. The molecule has 1 aromatic heterocycles. The number of carbonyl (C=O) groups is 2. The van der Waals surface area contributed by atoms with Crippen LogP contribution in [0.15, 0.2) is 48.5 Å². The first kappa shape index (κ1) is 23.2. The second-order valence-electron chi connectivity index (χ2n) is 9.40. The normalized spacial score (nSPS) is 21.7. The average molecular weight is 478 g/mol. The number of nitrogens with zero attached hydrogens (tertiary/aromatic N) is 2. The molecule has 3 aromatic rings. The van der Waals surface area contributed by atoms with E-state index in [0.29, 0.717) is 31.1 Å². The Bertz CT molecular complexity index is 1250. The summed E-state index contributed by atoms with van der Waals surface area (Å²) in [6.45, 7) is 3.64.